The first kappa shape index (κ1) is 14.5. The Morgan fingerprint density at radius 3 is 2.47 bits per heavy atom. The van der Waals surface area contributed by atoms with Crippen LogP contribution in [0, 0.1) is 6.92 Å². The second kappa shape index (κ2) is 6.04. The summed E-state index contributed by atoms with van der Waals surface area (Å²) in [5.74, 6) is 0.838. The summed E-state index contributed by atoms with van der Waals surface area (Å²) < 4.78 is 5.24. The predicted molar refractivity (Wildman–Crippen MR) is 81.9 cm³/mol. The Morgan fingerprint density at radius 2 is 1.84 bits per heavy atom. The Balaban J connectivity index is 2.41. The Kier molecular flexibility index (Phi) is 4.62. The van der Waals surface area contributed by atoms with Gasteiger partial charge in [0.25, 0.3) is 0 Å². The summed E-state index contributed by atoms with van der Waals surface area (Å²) in [6.45, 7) is 1.98. The van der Waals surface area contributed by atoms with Crippen LogP contribution in [-0.4, -0.2) is 7.11 Å². The lowest BCUT2D eigenvalue weighted by molar-refractivity contribution is 0.411. The summed E-state index contributed by atoms with van der Waals surface area (Å²) in [6, 6.07) is 11.3. The van der Waals surface area contributed by atoms with E-state index < -0.39 is 0 Å². The van der Waals surface area contributed by atoms with Crippen molar-refractivity contribution >= 4 is 34.8 Å². The van der Waals surface area contributed by atoms with E-state index in [9.17, 15) is 0 Å². The summed E-state index contributed by atoms with van der Waals surface area (Å²) >= 11 is 18.7. The molecule has 0 bridgehead atoms. The first-order chi connectivity index (χ1) is 9.04. The molecule has 0 heterocycles. The first-order valence-electron chi connectivity index (χ1n) is 5.77. The lowest BCUT2D eigenvalue weighted by Gasteiger charge is -2.14. The number of hydrogen-bond acceptors (Lipinski definition) is 1. The fraction of sp³-hybridized carbons (Fsp3) is 0.200. The highest BCUT2D eigenvalue weighted by Crippen LogP contribution is 2.37. The van der Waals surface area contributed by atoms with Gasteiger partial charge in [-0.25, -0.2) is 0 Å². The zero-order chi connectivity index (χ0) is 14.0. The summed E-state index contributed by atoms with van der Waals surface area (Å²) in [5.41, 5.74) is 2.80. The van der Waals surface area contributed by atoms with Crippen LogP contribution in [0.4, 0.5) is 0 Å². The van der Waals surface area contributed by atoms with Gasteiger partial charge in [0.15, 0.2) is 0 Å². The molecule has 2 rings (SSSR count). The molecule has 4 heteroatoms. The molecular formula is C15H13Cl3O. The minimum atomic E-state index is -0.337. The Bertz CT molecular complexity index is 596. The Hall–Kier alpha value is -0.890. The Morgan fingerprint density at radius 1 is 1.11 bits per heavy atom. The van der Waals surface area contributed by atoms with Gasteiger partial charge in [-0.2, -0.15) is 0 Å². The number of hydrogen-bond donors (Lipinski definition) is 0. The monoisotopic (exact) mass is 314 g/mol. The van der Waals surface area contributed by atoms with Gasteiger partial charge in [0, 0.05) is 0 Å². The van der Waals surface area contributed by atoms with Gasteiger partial charge >= 0.3 is 0 Å². The van der Waals surface area contributed by atoms with Gasteiger partial charge in [-0.3, -0.25) is 0 Å². The van der Waals surface area contributed by atoms with Crippen molar-refractivity contribution in [2.45, 2.75) is 12.3 Å². The minimum absolute atomic E-state index is 0.337. The van der Waals surface area contributed by atoms with Crippen molar-refractivity contribution in [2.75, 3.05) is 7.11 Å². The molecule has 100 valence electrons. The molecule has 1 unspecified atom stereocenters. The van der Waals surface area contributed by atoms with E-state index in [1.54, 1.807) is 13.2 Å². The summed E-state index contributed by atoms with van der Waals surface area (Å²) in [5, 5.41) is 0.670. The van der Waals surface area contributed by atoms with Gasteiger partial charge in [-0.1, -0.05) is 47.5 Å². The third-order valence-corrected chi connectivity index (χ3v) is 4.29. The molecule has 1 nitrogen and oxygen atoms in total. The van der Waals surface area contributed by atoms with E-state index in [0.29, 0.717) is 10.0 Å². The van der Waals surface area contributed by atoms with Gasteiger partial charge in [-0.05, 0) is 35.7 Å². The zero-order valence-corrected chi connectivity index (χ0v) is 12.9. The highest BCUT2D eigenvalue weighted by atomic mass is 35.5. The van der Waals surface area contributed by atoms with Crippen molar-refractivity contribution in [3.63, 3.8) is 0 Å². The van der Waals surface area contributed by atoms with Crippen molar-refractivity contribution in [3.8, 4) is 5.75 Å². The van der Waals surface area contributed by atoms with Gasteiger partial charge in [-0.15, -0.1) is 11.6 Å². The second-order valence-electron chi connectivity index (χ2n) is 4.23. The van der Waals surface area contributed by atoms with Crippen molar-refractivity contribution in [1.29, 1.82) is 0 Å². The van der Waals surface area contributed by atoms with Crippen molar-refractivity contribution in [2.24, 2.45) is 0 Å². The molecule has 0 N–H and O–H groups in total. The molecule has 0 aliphatic heterocycles. The maximum Gasteiger partial charge on any atom is 0.121 e. The molecule has 0 radical (unpaired) electrons. The van der Waals surface area contributed by atoms with Crippen LogP contribution in [0.1, 0.15) is 22.1 Å². The average Bonchev–Trinajstić information content (AvgIpc) is 2.41. The molecule has 0 fully saturated rings. The smallest absolute Gasteiger partial charge is 0.121 e. The van der Waals surface area contributed by atoms with Crippen molar-refractivity contribution in [3.05, 3.63) is 63.1 Å². The van der Waals surface area contributed by atoms with E-state index in [-0.39, 0.29) is 5.38 Å². The molecule has 0 aliphatic carbocycles. The number of alkyl halides is 1. The van der Waals surface area contributed by atoms with Crippen LogP contribution < -0.4 is 4.74 Å². The molecule has 0 spiro atoms. The standard InChI is InChI=1S/C15H13Cl3O/c1-9-8-10(6-7-13(9)19-2)14(17)11-4-3-5-12(16)15(11)18/h3-8,14H,1-2H3. The lowest BCUT2D eigenvalue weighted by atomic mass is 10.0. The number of rotatable bonds is 3. The van der Waals surface area contributed by atoms with E-state index >= 15 is 0 Å². The number of aryl methyl sites for hydroxylation is 1. The first-order valence-corrected chi connectivity index (χ1v) is 6.96. The molecule has 0 saturated carbocycles. The van der Waals surface area contributed by atoms with Gasteiger partial charge in [0.2, 0.25) is 0 Å². The SMILES string of the molecule is COc1ccc(C(Cl)c2cccc(Cl)c2Cl)cc1C. The number of methoxy groups -OCH3 is 1. The molecule has 0 aliphatic rings. The van der Waals surface area contributed by atoms with E-state index in [0.717, 1.165) is 22.4 Å². The molecular weight excluding hydrogens is 303 g/mol. The number of ether oxygens (including phenoxy) is 1. The lowest BCUT2D eigenvalue weighted by Crippen LogP contribution is -1.96. The molecule has 2 aromatic carbocycles. The third-order valence-electron chi connectivity index (χ3n) is 2.97. The largest absolute Gasteiger partial charge is 0.496 e. The second-order valence-corrected chi connectivity index (χ2v) is 5.46. The van der Waals surface area contributed by atoms with Crippen LogP contribution in [-0.2, 0) is 0 Å². The highest BCUT2D eigenvalue weighted by molar-refractivity contribution is 6.43. The third kappa shape index (κ3) is 3.00. The summed E-state index contributed by atoms with van der Waals surface area (Å²) in [4.78, 5) is 0. The van der Waals surface area contributed by atoms with Crippen molar-refractivity contribution < 1.29 is 4.74 Å². The highest BCUT2D eigenvalue weighted by Gasteiger charge is 2.16. The van der Waals surface area contributed by atoms with Crippen LogP contribution in [0.25, 0.3) is 0 Å². The molecule has 19 heavy (non-hydrogen) atoms. The van der Waals surface area contributed by atoms with Gasteiger partial charge in [0.05, 0.1) is 22.5 Å². The molecule has 0 amide bonds. The van der Waals surface area contributed by atoms with Crippen LogP contribution in [0.3, 0.4) is 0 Å². The predicted octanol–water partition coefficient (Wildman–Crippen LogP) is 5.64. The fourth-order valence-electron chi connectivity index (χ4n) is 1.96. The van der Waals surface area contributed by atoms with E-state index in [2.05, 4.69) is 0 Å². The van der Waals surface area contributed by atoms with Crippen molar-refractivity contribution in [1.82, 2.24) is 0 Å². The molecule has 1 atom stereocenters. The quantitative estimate of drug-likeness (QED) is 0.666. The van der Waals surface area contributed by atoms with E-state index in [1.807, 2.05) is 37.3 Å². The maximum absolute atomic E-state index is 6.49. The molecule has 2 aromatic rings. The Labute approximate surface area is 128 Å². The van der Waals surface area contributed by atoms with Crippen LogP contribution in [0.5, 0.6) is 5.75 Å². The molecule has 0 aromatic heterocycles. The maximum atomic E-state index is 6.49. The zero-order valence-electron chi connectivity index (χ0n) is 10.6. The fourth-order valence-corrected chi connectivity index (χ4v) is 2.75. The van der Waals surface area contributed by atoms with Crippen LogP contribution in [0.2, 0.25) is 10.0 Å². The number of halogens is 3. The van der Waals surface area contributed by atoms with Crippen LogP contribution >= 0.6 is 34.8 Å². The van der Waals surface area contributed by atoms with E-state index in [1.165, 1.54) is 0 Å². The topological polar surface area (TPSA) is 9.23 Å². The van der Waals surface area contributed by atoms with Gasteiger partial charge in [0.1, 0.15) is 5.75 Å². The van der Waals surface area contributed by atoms with Crippen LogP contribution in [0.15, 0.2) is 36.4 Å². The summed E-state index contributed by atoms with van der Waals surface area (Å²) in [7, 11) is 1.65. The van der Waals surface area contributed by atoms with Gasteiger partial charge < -0.3 is 4.74 Å². The normalized spacial score (nSPS) is 12.3. The minimum Gasteiger partial charge on any atom is -0.496 e. The molecule has 0 saturated heterocycles. The summed E-state index contributed by atoms with van der Waals surface area (Å²) in [6.07, 6.45) is 0. The number of benzene rings is 2. The average molecular weight is 316 g/mol. The van der Waals surface area contributed by atoms with E-state index in [4.69, 9.17) is 39.5 Å².